The summed E-state index contributed by atoms with van der Waals surface area (Å²) in [6.45, 7) is 8.63. The summed E-state index contributed by atoms with van der Waals surface area (Å²) in [6, 6.07) is 0. The van der Waals surface area contributed by atoms with E-state index in [1.54, 1.807) is 0 Å². The minimum atomic E-state index is 0.689. The molecular weight excluding hydrogens is 214 g/mol. The SMILES string of the molecule is CCCCC(CC)CN=C(N)N1CCOCC1. The van der Waals surface area contributed by atoms with Gasteiger partial charge in [-0.05, 0) is 12.3 Å². The first-order valence-electron chi connectivity index (χ1n) is 6.90. The Kier molecular flexibility index (Phi) is 7.01. The second-order valence-corrected chi connectivity index (χ2v) is 4.71. The van der Waals surface area contributed by atoms with Crippen LogP contribution in [0.25, 0.3) is 0 Å². The summed E-state index contributed by atoms with van der Waals surface area (Å²) in [6.07, 6.45) is 5.03. The molecule has 1 heterocycles. The van der Waals surface area contributed by atoms with Crippen molar-refractivity contribution < 1.29 is 4.74 Å². The molecule has 17 heavy (non-hydrogen) atoms. The van der Waals surface area contributed by atoms with Crippen molar-refractivity contribution in [2.45, 2.75) is 39.5 Å². The highest BCUT2D eigenvalue weighted by Gasteiger charge is 2.12. The first kappa shape index (κ1) is 14.3. The van der Waals surface area contributed by atoms with E-state index < -0.39 is 0 Å². The zero-order valence-electron chi connectivity index (χ0n) is 11.3. The Morgan fingerprint density at radius 3 is 2.65 bits per heavy atom. The van der Waals surface area contributed by atoms with Crippen molar-refractivity contribution in [3.8, 4) is 0 Å². The highest BCUT2D eigenvalue weighted by Crippen LogP contribution is 2.12. The normalized spacial score (nSPS) is 19.4. The van der Waals surface area contributed by atoms with Crippen LogP contribution in [0.2, 0.25) is 0 Å². The van der Waals surface area contributed by atoms with Gasteiger partial charge in [-0.2, -0.15) is 0 Å². The number of nitrogens with two attached hydrogens (primary N) is 1. The first-order valence-corrected chi connectivity index (χ1v) is 6.90. The van der Waals surface area contributed by atoms with Crippen molar-refractivity contribution in [3.05, 3.63) is 0 Å². The van der Waals surface area contributed by atoms with Crippen molar-refractivity contribution in [1.29, 1.82) is 0 Å². The molecule has 0 amide bonds. The molecule has 1 unspecified atom stereocenters. The molecule has 4 nitrogen and oxygen atoms in total. The number of unbranched alkanes of at least 4 members (excludes halogenated alkanes) is 1. The fraction of sp³-hybridized carbons (Fsp3) is 0.923. The largest absolute Gasteiger partial charge is 0.378 e. The summed E-state index contributed by atoms with van der Waals surface area (Å²) in [7, 11) is 0. The molecule has 0 bridgehead atoms. The number of hydrogen-bond donors (Lipinski definition) is 1. The maximum absolute atomic E-state index is 6.00. The van der Waals surface area contributed by atoms with Gasteiger partial charge in [-0.3, -0.25) is 4.99 Å². The summed E-state index contributed by atoms with van der Waals surface area (Å²) in [5.74, 6) is 1.39. The molecule has 4 heteroatoms. The number of nitrogens with zero attached hydrogens (tertiary/aromatic N) is 2. The molecule has 0 aromatic heterocycles. The smallest absolute Gasteiger partial charge is 0.191 e. The van der Waals surface area contributed by atoms with Crippen molar-refractivity contribution >= 4 is 5.96 Å². The third kappa shape index (κ3) is 5.39. The Morgan fingerprint density at radius 2 is 2.06 bits per heavy atom. The van der Waals surface area contributed by atoms with Gasteiger partial charge in [-0.25, -0.2) is 0 Å². The van der Waals surface area contributed by atoms with Gasteiger partial charge in [0.2, 0.25) is 0 Å². The number of hydrogen-bond acceptors (Lipinski definition) is 2. The van der Waals surface area contributed by atoms with E-state index in [4.69, 9.17) is 10.5 Å². The van der Waals surface area contributed by atoms with Gasteiger partial charge >= 0.3 is 0 Å². The molecule has 1 atom stereocenters. The number of guanidine groups is 1. The van der Waals surface area contributed by atoms with Gasteiger partial charge in [-0.1, -0.05) is 33.1 Å². The highest BCUT2D eigenvalue weighted by molar-refractivity contribution is 5.78. The predicted octanol–water partition coefficient (Wildman–Crippen LogP) is 1.85. The molecule has 1 aliphatic heterocycles. The van der Waals surface area contributed by atoms with E-state index in [0.717, 1.165) is 32.8 Å². The lowest BCUT2D eigenvalue weighted by Gasteiger charge is -2.27. The Bertz CT molecular complexity index is 225. The average Bonchev–Trinajstić information content (AvgIpc) is 2.39. The van der Waals surface area contributed by atoms with E-state index in [0.29, 0.717) is 11.9 Å². The van der Waals surface area contributed by atoms with Crippen molar-refractivity contribution in [2.24, 2.45) is 16.6 Å². The monoisotopic (exact) mass is 241 g/mol. The first-order chi connectivity index (χ1) is 8.27. The summed E-state index contributed by atoms with van der Waals surface area (Å²) >= 11 is 0. The van der Waals surface area contributed by atoms with Crippen LogP contribution >= 0.6 is 0 Å². The van der Waals surface area contributed by atoms with Gasteiger partial charge in [0, 0.05) is 19.6 Å². The van der Waals surface area contributed by atoms with Crippen LogP contribution in [0.15, 0.2) is 4.99 Å². The molecular formula is C13H27N3O. The van der Waals surface area contributed by atoms with E-state index in [-0.39, 0.29) is 0 Å². The molecule has 100 valence electrons. The average molecular weight is 241 g/mol. The van der Waals surface area contributed by atoms with Crippen LogP contribution in [-0.4, -0.2) is 43.7 Å². The molecule has 0 aromatic rings. The van der Waals surface area contributed by atoms with Gasteiger partial charge in [0.25, 0.3) is 0 Å². The molecule has 1 rings (SSSR count). The van der Waals surface area contributed by atoms with Crippen molar-refractivity contribution in [3.63, 3.8) is 0 Å². The zero-order chi connectivity index (χ0) is 12.5. The fourth-order valence-electron chi connectivity index (χ4n) is 2.03. The van der Waals surface area contributed by atoms with E-state index >= 15 is 0 Å². The Labute approximate surface area is 105 Å². The van der Waals surface area contributed by atoms with E-state index in [2.05, 4.69) is 23.7 Å². The maximum atomic E-state index is 6.00. The minimum Gasteiger partial charge on any atom is -0.378 e. The van der Waals surface area contributed by atoms with Crippen LogP contribution in [0.3, 0.4) is 0 Å². The standard InChI is InChI=1S/C13H27N3O/c1-3-5-6-12(4-2)11-15-13(14)16-7-9-17-10-8-16/h12H,3-11H2,1-2H3,(H2,14,15). The van der Waals surface area contributed by atoms with Crippen LogP contribution in [0.5, 0.6) is 0 Å². The predicted molar refractivity (Wildman–Crippen MR) is 72.2 cm³/mol. The van der Waals surface area contributed by atoms with E-state index in [1.807, 2.05) is 0 Å². The Balaban J connectivity index is 2.33. The Morgan fingerprint density at radius 1 is 1.35 bits per heavy atom. The molecule has 1 aliphatic rings. The topological polar surface area (TPSA) is 50.8 Å². The third-order valence-corrected chi connectivity index (χ3v) is 3.39. The number of ether oxygens (including phenoxy) is 1. The molecule has 0 saturated carbocycles. The molecule has 1 fully saturated rings. The summed E-state index contributed by atoms with van der Waals surface area (Å²) in [5, 5.41) is 0. The van der Waals surface area contributed by atoms with Gasteiger partial charge in [0.15, 0.2) is 5.96 Å². The van der Waals surface area contributed by atoms with Gasteiger partial charge in [0.1, 0.15) is 0 Å². The molecule has 0 radical (unpaired) electrons. The molecule has 0 spiro atoms. The van der Waals surface area contributed by atoms with Crippen LogP contribution in [0.1, 0.15) is 39.5 Å². The quantitative estimate of drug-likeness (QED) is 0.570. The van der Waals surface area contributed by atoms with Crippen LogP contribution in [-0.2, 0) is 4.74 Å². The lowest BCUT2D eigenvalue weighted by molar-refractivity contribution is 0.0674. The molecule has 0 aromatic carbocycles. The van der Waals surface area contributed by atoms with Gasteiger partial charge in [-0.15, -0.1) is 0 Å². The highest BCUT2D eigenvalue weighted by atomic mass is 16.5. The number of aliphatic imine (C=N–C) groups is 1. The maximum Gasteiger partial charge on any atom is 0.191 e. The van der Waals surface area contributed by atoms with Crippen molar-refractivity contribution in [1.82, 2.24) is 4.90 Å². The molecule has 0 aliphatic carbocycles. The van der Waals surface area contributed by atoms with E-state index in [9.17, 15) is 0 Å². The van der Waals surface area contributed by atoms with Gasteiger partial charge < -0.3 is 15.4 Å². The van der Waals surface area contributed by atoms with E-state index in [1.165, 1.54) is 25.7 Å². The Hall–Kier alpha value is -0.770. The lowest BCUT2D eigenvalue weighted by atomic mass is 10.00. The second kappa shape index (κ2) is 8.34. The van der Waals surface area contributed by atoms with Crippen LogP contribution in [0.4, 0.5) is 0 Å². The summed E-state index contributed by atoms with van der Waals surface area (Å²) in [5.41, 5.74) is 6.00. The minimum absolute atomic E-state index is 0.689. The third-order valence-electron chi connectivity index (χ3n) is 3.39. The molecule has 2 N–H and O–H groups in total. The molecule has 1 saturated heterocycles. The van der Waals surface area contributed by atoms with Crippen LogP contribution < -0.4 is 5.73 Å². The number of morpholine rings is 1. The van der Waals surface area contributed by atoms with Gasteiger partial charge in [0.05, 0.1) is 13.2 Å². The number of rotatable bonds is 6. The fourth-order valence-corrected chi connectivity index (χ4v) is 2.03. The lowest BCUT2D eigenvalue weighted by Crippen LogP contribution is -2.45. The van der Waals surface area contributed by atoms with Crippen molar-refractivity contribution in [2.75, 3.05) is 32.8 Å². The zero-order valence-corrected chi connectivity index (χ0v) is 11.3. The summed E-state index contributed by atoms with van der Waals surface area (Å²) in [4.78, 5) is 6.66. The summed E-state index contributed by atoms with van der Waals surface area (Å²) < 4.78 is 5.30. The van der Waals surface area contributed by atoms with Crippen LogP contribution in [0, 0.1) is 5.92 Å². The second-order valence-electron chi connectivity index (χ2n) is 4.71.